The van der Waals surface area contributed by atoms with Crippen LogP contribution in [0.3, 0.4) is 0 Å². The van der Waals surface area contributed by atoms with Crippen molar-refractivity contribution in [1.82, 2.24) is 10.2 Å². The highest BCUT2D eigenvalue weighted by Crippen LogP contribution is 2.19. The van der Waals surface area contributed by atoms with E-state index in [1.54, 1.807) is 4.90 Å². The van der Waals surface area contributed by atoms with Crippen LogP contribution in [0.25, 0.3) is 0 Å². The van der Waals surface area contributed by atoms with E-state index >= 15 is 0 Å². The maximum absolute atomic E-state index is 12.2. The lowest BCUT2D eigenvalue weighted by molar-refractivity contribution is -0.119. The van der Waals surface area contributed by atoms with Gasteiger partial charge in [0.25, 0.3) is 0 Å². The Morgan fingerprint density at radius 2 is 2.09 bits per heavy atom. The molecule has 0 spiro atoms. The number of amides is 3. The molecule has 1 aromatic carbocycles. The summed E-state index contributed by atoms with van der Waals surface area (Å²) in [6.45, 7) is 2.69. The van der Waals surface area contributed by atoms with E-state index in [2.05, 4.69) is 10.2 Å². The summed E-state index contributed by atoms with van der Waals surface area (Å²) in [7, 11) is 2.01. The van der Waals surface area contributed by atoms with Gasteiger partial charge in [0.1, 0.15) is 0 Å². The monoisotopic (exact) mass is 318 g/mol. The summed E-state index contributed by atoms with van der Waals surface area (Å²) >= 11 is 0. The summed E-state index contributed by atoms with van der Waals surface area (Å²) in [6, 6.07) is 10.0. The number of nitrogens with one attached hydrogen (secondary N) is 1. The number of para-hydroxylation sites is 1. The maximum atomic E-state index is 12.2. The Labute approximate surface area is 137 Å². The van der Waals surface area contributed by atoms with Crippen LogP contribution in [0.1, 0.15) is 19.3 Å². The van der Waals surface area contributed by atoms with E-state index in [1.165, 1.54) is 0 Å². The van der Waals surface area contributed by atoms with Crippen LogP contribution < -0.4 is 16.0 Å². The number of primary amides is 1. The second-order valence-corrected chi connectivity index (χ2v) is 6.11. The van der Waals surface area contributed by atoms with Gasteiger partial charge in [-0.3, -0.25) is 4.79 Å². The molecule has 2 rings (SSSR count). The molecule has 0 radical (unpaired) electrons. The van der Waals surface area contributed by atoms with Crippen molar-refractivity contribution >= 4 is 17.6 Å². The lowest BCUT2D eigenvalue weighted by atomic mass is 9.95. The Kier molecular flexibility index (Phi) is 6.26. The van der Waals surface area contributed by atoms with Gasteiger partial charge in [-0.1, -0.05) is 18.2 Å². The Balaban J connectivity index is 1.73. The first-order valence-corrected chi connectivity index (χ1v) is 8.13. The number of nitrogens with two attached hydrogens (primary N) is 1. The molecule has 0 unspecified atom stereocenters. The van der Waals surface area contributed by atoms with Gasteiger partial charge >= 0.3 is 6.03 Å². The largest absolute Gasteiger partial charge is 0.373 e. The van der Waals surface area contributed by atoms with Gasteiger partial charge in [-0.25, -0.2) is 4.79 Å². The van der Waals surface area contributed by atoms with Crippen molar-refractivity contribution in [3.63, 3.8) is 0 Å². The molecule has 3 N–H and O–H groups in total. The number of carbonyl (C=O) groups excluding carboxylic acids is 2. The average molecular weight is 318 g/mol. The zero-order valence-electron chi connectivity index (χ0n) is 13.7. The Hall–Kier alpha value is -2.24. The molecule has 1 heterocycles. The van der Waals surface area contributed by atoms with Crippen LogP contribution in [0.5, 0.6) is 0 Å². The van der Waals surface area contributed by atoms with Gasteiger partial charge < -0.3 is 20.9 Å². The van der Waals surface area contributed by atoms with Crippen molar-refractivity contribution in [3.8, 4) is 0 Å². The predicted octanol–water partition coefficient (Wildman–Crippen LogP) is 1.42. The van der Waals surface area contributed by atoms with Crippen LogP contribution in [-0.4, -0.2) is 50.1 Å². The van der Waals surface area contributed by atoms with Crippen molar-refractivity contribution in [3.05, 3.63) is 30.3 Å². The predicted molar refractivity (Wildman–Crippen MR) is 91.2 cm³/mol. The van der Waals surface area contributed by atoms with Crippen molar-refractivity contribution in [2.45, 2.75) is 19.3 Å². The summed E-state index contributed by atoms with van der Waals surface area (Å²) in [4.78, 5) is 27.1. The normalized spacial score (nSPS) is 17.6. The minimum Gasteiger partial charge on any atom is -0.373 e. The molecule has 0 aromatic heterocycles. The van der Waals surface area contributed by atoms with Crippen LogP contribution in [0.4, 0.5) is 10.5 Å². The van der Waals surface area contributed by atoms with Crippen molar-refractivity contribution in [2.24, 2.45) is 11.7 Å². The summed E-state index contributed by atoms with van der Waals surface area (Å²) in [6.07, 6.45) is 2.25. The van der Waals surface area contributed by atoms with E-state index in [1.807, 2.05) is 37.4 Å². The molecule has 23 heavy (non-hydrogen) atoms. The Bertz CT molecular complexity index is 521. The molecule has 126 valence electrons. The minimum atomic E-state index is -0.290. The first-order chi connectivity index (χ1) is 11.1. The first kappa shape index (κ1) is 17.1. The van der Waals surface area contributed by atoms with Gasteiger partial charge in [0.15, 0.2) is 0 Å². The van der Waals surface area contributed by atoms with Crippen LogP contribution in [0.15, 0.2) is 30.3 Å². The highest BCUT2D eigenvalue weighted by atomic mass is 16.2. The van der Waals surface area contributed by atoms with Crippen molar-refractivity contribution < 1.29 is 9.59 Å². The van der Waals surface area contributed by atoms with Gasteiger partial charge in [-0.05, 0) is 30.9 Å². The van der Waals surface area contributed by atoms with Crippen molar-refractivity contribution in [2.75, 3.05) is 38.1 Å². The number of likely N-dealkylation sites (tertiary alicyclic amines) is 1. The quantitative estimate of drug-likeness (QED) is 0.832. The van der Waals surface area contributed by atoms with E-state index in [0.717, 1.165) is 31.6 Å². The molecule has 1 aromatic rings. The molecule has 1 aliphatic heterocycles. The van der Waals surface area contributed by atoms with E-state index in [-0.39, 0.29) is 17.9 Å². The molecule has 6 heteroatoms. The smallest absolute Gasteiger partial charge is 0.317 e. The molecule has 6 nitrogen and oxygen atoms in total. The van der Waals surface area contributed by atoms with E-state index in [4.69, 9.17) is 5.73 Å². The summed E-state index contributed by atoms with van der Waals surface area (Å²) in [5.41, 5.74) is 6.38. The summed E-state index contributed by atoms with van der Waals surface area (Å²) < 4.78 is 0. The van der Waals surface area contributed by atoms with E-state index < -0.39 is 0 Å². The highest BCUT2D eigenvalue weighted by molar-refractivity contribution is 5.75. The van der Waals surface area contributed by atoms with Gasteiger partial charge in [-0.15, -0.1) is 0 Å². The van der Waals surface area contributed by atoms with Crippen LogP contribution >= 0.6 is 0 Å². The standard InChI is InChI=1S/C17H26N4O2/c1-20(15-7-3-2-4-8-15)11-9-19-17(23)21-10-5-6-14(13-21)12-16(18)22/h2-4,7-8,14H,5-6,9-13H2,1H3,(H2,18,22)(H,19,23)/t14-/m1/s1. The number of hydrogen-bond acceptors (Lipinski definition) is 3. The number of benzene rings is 1. The zero-order valence-corrected chi connectivity index (χ0v) is 13.7. The van der Waals surface area contributed by atoms with Crippen LogP contribution in [0.2, 0.25) is 0 Å². The second kappa shape index (κ2) is 8.41. The molecular weight excluding hydrogens is 292 g/mol. The minimum absolute atomic E-state index is 0.0550. The molecule has 0 saturated carbocycles. The fraction of sp³-hybridized carbons (Fsp3) is 0.529. The molecule has 0 aliphatic carbocycles. The third-order valence-electron chi connectivity index (χ3n) is 4.22. The fourth-order valence-corrected chi connectivity index (χ4v) is 2.95. The van der Waals surface area contributed by atoms with Crippen molar-refractivity contribution in [1.29, 1.82) is 0 Å². The molecule has 1 fully saturated rings. The number of anilines is 1. The highest BCUT2D eigenvalue weighted by Gasteiger charge is 2.24. The lowest BCUT2D eigenvalue weighted by Gasteiger charge is -2.32. The fourth-order valence-electron chi connectivity index (χ4n) is 2.95. The zero-order chi connectivity index (χ0) is 16.7. The Morgan fingerprint density at radius 1 is 1.35 bits per heavy atom. The first-order valence-electron chi connectivity index (χ1n) is 8.13. The number of urea groups is 1. The van der Waals surface area contributed by atoms with E-state index in [9.17, 15) is 9.59 Å². The SMILES string of the molecule is CN(CCNC(=O)N1CCC[C@H](CC(N)=O)C1)c1ccccc1. The van der Waals surface area contributed by atoms with Gasteiger partial charge in [-0.2, -0.15) is 0 Å². The number of carbonyl (C=O) groups is 2. The third kappa shape index (κ3) is 5.47. The van der Waals surface area contributed by atoms with Gasteiger partial charge in [0, 0.05) is 45.3 Å². The summed E-state index contributed by atoms with van der Waals surface area (Å²) in [5.74, 6) is -0.0965. The maximum Gasteiger partial charge on any atom is 0.317 e. The van der Waals surface area contributed by atoms with Gasteiger partial charge in [0.2, 0.25) is 5.91 Å². The lowest BCUT2D eigenvalue weighted by Crippen LogP contribution is -2.47. The number of piperidine rings is 1. The van der Waals surface area contributed by atoms with Gasteiger partial charge in [0.05, 0.1) is 0 Å². The molecule has 1 saturated heterocycles. The second-order valence-electron chi connectivity index (χ2n) is 6.11. The Morgan fingerprint density at radius 3 is 2.78 bits per heavy atom. The molecule has 1 aliphatic rings. The van der Waals surface area contributed by atoms with Crippen LogP contribution in [-0.2, 0) is 4.79 Å². The molecule has 0 bridgehead atoms. The number of nitrogens with zero attached hydrogens (tertiary/aromatic N) is 2. The molecule has 3 amide bonds. The molecular formula is C17H26N4O2. The van der Waals surface area contributed by atoms with E-state index in [0.29, 0.717) is 19.5 Å². The third-order valence-corrected chi connectivity index (χ3v) is 4.22. The average Bonchev–Trinajstić information content (AvgIpc) is 2.55. The number of hydrogen-bond donors (Lipinski definition) is 2. The van der Waals surface area contributed by atoms with Crippen LogP contribution in [0, 0.1) is 5.92 Å². The molecule has 1 atom stereocenters. The topological polar surface area (TPSA) is 78.7 Å². The number of likely N-dealkylation sites (N-methyl/N-ethyl adjacent to an activating group) is 1. The summed E-state index contributed by atoms with van der Waals surface area (Å²) in [5, 5.41) is 2.96. The number of rotatable bonds is 6.